The Morgan fingerprint density at radius 2 is 1.94 bits per heavy atom. The standard InChI is InChI=1S/C15H16S/c1-11-9-12-7-8-13(10-12)15(11)16-14-5-3-2-4-6-14/h2-8,12-13,15H,1,9-10H2/t12-,13-,15+/m0/s1. The SMILES string of the molecule is C=C1C[C@@H]2C=C[C@@H](C2)[C@@H]1Sc1ccccc1. The second kappa shape index (κ2) is 4.14. The average molecular weight is 228 g/mol. The van der Waals surface area contributed by atoms with Crippen molar-refractivity contribution in [2.24, 2.45) is 11.8 Å². The minimum Gasteiger partial charge on any atom is -0.118 e. The molecule has 1 aromatic rings. The molecule has 0 spiro atoms. The normalized spacial score (nSPS) is 32.0. The fraction of sp³-hybridized carbons (Fsp3) is 0.333. The van der Waals surface area contributed by atoms with Gasteiger partial charge in [-0.05, 0) is 36.8 Å². The predicted octanol–water partition coefficient (Wildman–Crippen LogP) is 4.30. The van der Waals surface area contributed by atoms with E-state index in [9.17, 15) is 0 Å². The maximum Gasteiger partial charge on any atom is 0.0364 e. The summed E-state index contributed by atoms with van der Waals surface area (Å²) in [7, 11) is 0. The van der Waals surface area contributed by atoms with E-state index in [0.717, 1.165) is 11.8 Å². The van der Waals surface area contributed by atoms with Crippen molar-refractivity contribution in [3.63, 3.8) is 0 Å². The van der Waals surface area contributed by atoms with E-state index in [-0.39, 0.29) is 0 Å². The van der Waals surface area contributed by atoms with E-state index in [1.807, 2.05) is 11.8 Å². The van der Waals surface area contributed by atoms with Gasteiger partial charge in [0.25, 0.3) is 0 Å². The summed E-state index contributed by atoms with van der Waals surface area (Å²) in [5, 5.41) is 0.595. The molecule has 3 atom stereocenters. The van der Waals surface area contributed by atoms with E-state index in [1.165, 1.54) is 23.3 Å². The Bertz CT molecular complexity index is 418. The molecule has 0 N–H and O–H groups in total. The molecule has 1 heteroatoms. The number of benzene rings is 1. The van der Waals surface area contributed by atoms with Crippen molar-refractivity contribution in [3.8, 4) is 0 Å². The molecule has 16 heavy (non-hydrogen) atoms. The van der Waals surface area contributed by atoms with Crippen LogP contribution in [-0.4, -0.2) is 5.25 Å². The van der Waals surface area contributed by atoms with Gasteiger partial charge in [0.1, 0.15) is 0 Å². The summed E-state index contributed by atoms with van der Waals surface area (Å²) in [4.78, 5) is 1.37. The molecule has 1 aromatic carbocycles. The zero-order chi connectivity index (χ0) is 11.0. The lowest BCUT2D eigenvalue weighted by molar-refractivity contribution is 0.465. The number of thioether (sulfide) groups is 1. The second-order valence-electron chi connectivity index (χ2n) is 4.76. The highest BCUT2D eigenvalue weighted by Gasteiger charge is 2.34. The topological polar surface area (TPSA) is 0 Å². The van der Waals surface area contributed by atoms with Gasteiger partial charge >= 0.3 is 0 Å². The number of hydrogen-bond acceptors (Lipinski definition) is 1. The predicted molar refractivity (Wildman–Crippen MR) is 70.6 cm³/mol. The molecule has 0 radical (unpaired) electrons. The highest BCUT2D eigenvalue weighted by atomic mass is 32.2. The van der Waals surface area contributed by atoms with Crippen LogP contribution in [0.2, 0.25) is 0 Å². The molecule has 2 bridgehead atoms. The first-order valence-electron chi connectivity index (χ1n) is 5.90. The molecule has 3 rings (SSSR count). The van der Waals surface area contributed by atoms with Gasteiger partial charge in [0, 0.05) is 10.1 Å². The van der Waals surface area contributed by atoms with Gasteiger partial charge in [0.05, 0.1) is 0 Å². The maximum absolute atomic E-state index is 4.27. The third kappa shape index (κ3) is 1.84. The fourth-order valence-corrected chi connectivity index (χ4v) is 4.00. The van der Waals surface area contributed by atoms with E-state index >= 15 is 0 Å². The van der Waals surface area contributed by atoms with Crippen molar-refractivity contribution in [3.05, 3.63) is 54.6 Å². The quantitative estimate of drug-likeness (QED) is 0.680. The third-order valence-corrected chi connectivity index (χ3v) is 5.01. The lowest BCUT2D eigenvalue weighted by atomic mass is 9.84. The van der Waals surface area contributed by atoms with Crippen LogP contribution in [0.1, 0.15) is 12.8 Å². The summed E-state index contributed by atoms with van der Waals surface area (Å²) in [6.45, 7) is 4.27. The van der Waals surface area contributed by atoms with E-state index in [1.54, 1.807) is 0 Å². The minimum atomic E-state index is 0.595. The van der Waals surface area contributed by atoms with Crippen molar-refractivity contribution in [1.29, 1.82) is 0 Å². The third-order valence-electron chi connectivity index (χ3n) is 3.53. The molecule has 0 unspecified atom stereocenters. The first-order valence-corrected chi connectivity index (χ1v) is 6.78. The Morgan fingerprint density at radius 3 is 2.75 bits per heavy atom. The molecule has 0 nitrogen and oxygen atoms in total. The molecule has 1 fully saturated rings. The number of hydrogen-bond donors (Lipinski definition) is 0. The summed E-state index contributed by atoms with van der Waals surface area (Å²) in [5.41, 5.74) is 1.43. The molecular formula is C15H16S. The average Bonchev–Trinajstić information content (AvgIpc) is 2.70. The van der Waals surface area contributed by atoms with Gasteiger partial charge in [0.15, 0.2) is 0 Å². The van der Waals surface area contributed by atoms with Crippen LogP contribution in [0.5, 0.6) is 0 Å². The van der Waals surface area contributed by atoms with Crippen LogP contribution in [0.3, 0.4) is 0 Å². The summed E-state index contributed by atoms with van der Waals surface area (Å²) in [5.74, 6) is 1.50. The van der Waals surface area contributed by atoms with Crippen molar-refractivity contribution < 1.29 is 0 Å². The molecule has 0 aliphatic heterocycles. The summed E-state index contributed by atoms with van der Waals surface area (Å²) in [6.07, 6.45) is 7.33. The summed E-state index contributed by atoms with van der Waals surface area (Å²) < 4.78 is 0. The lowest BCUT2D eigenvalue weighted by Crippen LogP contribution is -2.22. The van der Waals surface area contributed by atoms with Gasteiger partial charge in [-0.15, -0.1) is 11.8 Å². The van der Waals surface area contributed by atoms with Crippen molar-refractivity contribution in [2.75, 3.05) is 0 Å². The van der Waals surface area contributed by atoms with Crippen molar-refractivity contribution >= 4 is 11.8 Å². The zero-order valence-corrected chi connectivity index (χ0v) is 10.1. The molecule has 0 amide bonds. The van der Waals surface area contributed by atoms with Crippen LogP contribution in [0, 0.1) is 11.8 Å². The first-order chi connectivity index (χ1) is 7.83. The van der Waals surface area contributed by atoms with E-state index in [0.29, 0.717) is 5.25 Å². The first kappa shape index (κ1) is 10.2. The van der Waals surface area contributed by atoms with Gasteiger partial charge in [-0.3, -0.25) is 0 Å². The molecule has 0 aromatic heterocycles. The van der Waals surface area contributed by atoms with Crippen LogP contribution in [-0.2, 0) is 0 Å². The van der Waals surface area contributed by atoms with Crippen molar-refractivity contribution in [1.82, 2.24) is 0 Å². The molecule has 82 valence electrons. The highest BCUT2D eigenvalue weighted by molar-refractivity contribution is 8.00. The summed E-state index contributed by atoms with van der Waals surface area (Å²) >= 11 is 1.98. The molecule has 1 saturated carbocycles. The van der Waals surface area contributed by atoms with Gasteiger partial charge in [-0.25, -0.2) is 0 Å². The van der Waals surface area contributed by atoms with Crippen LogP contribution in [0.15, 0.2) is 59.5 Å². The van der Waals surface area contributed by atoms with Crippen LogP contribution in [0.25, 0.3) is 0 Å². The van der Waals surface area contributed by atoms with E-state index in [4.69, 9.17) is 0 Å². The van der Waals surface area contributed by atoms with E-state index in [2.05, 4.69) is 49.1 Å². The maximum atomic E-state index is 4.27. The Labute approximate surface area is 101 Å². The fourth-order valence-electron chi connectivity index (χ4n) is 2.75. The highest BCUT2D eigenvalue weighted by Crippen LogP contribution is 2.46. The van der Waals surface area contributed by atoms with Gasteiger partial charge in [-0.2, -0.15) is 0 Å². The van der Waals surface area contributed by atoms with Crippen LogP contribution in [0.4, 0.5) is 0 Å². The Hall–Kier alpha value is -0.950. The van der Waals surface area contributed by atoms with Crippen LogP contribution >= 0.6 is 11.8 Å². The molecular weight excluding hydrogens is 212 g/mol. The van der Waals surface area contributed by atoms with Gasteiger partial charge in [0.2, 0.25) is 0 Å². The second-order valence-corrected chi connectivity index (χ2v) is 5.97. The van der Waals surface area contributed by atoms with Gasteiger partial charge in [-0.1, -0.05) is 42.5 Å². The number of rotatable bonds is 2. The van der Waals surface area contributed by atoms with Crippen molar-refractivity contribution in [2.45, 2.75) is 23.0 Å². The Balaban J connectivity index is 1.79. The largest absolute Gasteiger partial charge is 0.118 e. The monoisotopic (exact) mass is 228 g/mol. The van der Waals surface area contributed by atoms with Crippen LogP contribution < -0.4 is 0 Å². The molecule has 2 aliphatic rings. The molecule has 0 saturated heterocycles. The Kier molecular flexibility index (Phi) is 2.64. The minimum absolute atomic E-state index is 0.595. The Morgan fingerprint density at radius 1 is 1.12 bits per heavy atom. The number of allylic oxidation sites excluding steroid dienone is 2. The van der Waals surface area contributed by atoms with E-state index < -0.39 is 0 Å². The zero-order valence-electron chi connectivity index (χ0n) is 9.30. The van der Waals surface area contributed by atoms with Gasteiger partial charge < -0.3 is 0 Å². The molecule has 0 heterocycles. The lowest BCUT2D eigenvalue weighted by Gasteiger charge is -2.30. The number of fused-ring (bicyclic) bond motifs is 2. The molecule has 2 aliphatic carbocycles. The summed E-state index contributed by atoms with van der Waals surface area (Å²) in [6, 6.07) is 10.7. The smallest absolute Gasteiger partial charge is 0.0364 e.